The number of benzene rings is 4. The number of carbonyl (C=O) groups excluding carboxylic acids is 1. The van der Waals surface area contributed by atoms with Crippen LogP contribution in [0.3, 0.4) is 0 Å². The first-order valence-corrected chi connectivity index (χ1v) is 12.3. The SMILES string of the molecule is Cc1ccc(Sc2cc(NC(=O)c3cn(-c4ccccc4)nc3-c3ccccc3)cc([N+](=O)[O-])c2)cc1. The highest BCUT2D eigenvalue weighted by molar-refractivity contribution is 7.99. The van der Waals surface area contributed by atoms with Crippen LogP contribution >= 0.6 is 11.8 Å². The van der Waals surface area contributed by atoms with Crippen molar-refractivity contribution < 1.29 is 9.72 Å². The zero-order valence-corrected chi connectivity index (χ0v) is 20.7. The number of carbonyl (C=O) groups is 1. The van der Waals surface area contributed by atoms with Crippen LogP contribution in [0.4, 0.5) is 11.4 Å². The van der Waals surface area contributed by atoms with Crippen molar-refractivity contribution in [1.29, 1.82) is 0 Å². The second-order valence-corrected chi connectivity index (χ2v) is 9.53. The fourth-order valence-electron chi connectivity index (χ4n) is 3.82. The van der Waals surface area contributed by atoms with Gasteiger partial charge < -0.3 is 5.32 Å². The summed E-state index contributed by atoms with van der Waals surface area (Å²) >= 11 is 1.39. The molecule has 0 fully saturated rings. The predicted octanol–water partition coefficient (Wildman–Crippen LogP) is 7.16. The molecular weight excluding hydrogens is 484 g/mol. The number of nitrogens with zero attached hydrogens (tertiary/aromatic N) is 3. The Morgan fingerprint density at radius 2 is 1.57 bits per heavy atom. The molecule has 1 amide bonds. The van der Waals surface area contributed by atoms with Gasteiger partial charge in [0.05, 0.1) is 16.2 Å². The van der Waals surface area contributed by atoms with Crippen molar-refractivity contribution in [2.45, 2.75) is 16.7 Å². The van der Waals surface area contributed by atoms with E-state index in [2.05, 4.69) is 10.4 Å². The lowest BCUT2D eigenvalue weighted by atomic mass is 10.1. The largest absolute Gasteiger partial charge is 0.322 e. The minimum absolute atomic E-state index is 0.101. The zero-order valence-electron chi connectivity index (χ0n) is 19.9. The number of hydrogen-bond acceptors (Lipinski definition) is 5. The lowest BCUT2D eigenvalue weighted by molar-refractivity contribution is -0.385. The van der Waals surface area contributed by atoms with E-state index in [9.17, 15) is 14.9 Å². The number of anilines is 1. The van der Waals surface area contributed by atoms with Gasteiger partial charge in [-0.1, -0.05) is 78.0 Å². The predicted molar refractivity (Wildman–Crippen MR) is 145 cm³/mol. The van der Waals surface area contributed by atoms with Gasteiger partial charge in [0.25, 0.3) is 11.6 Å². The van der Waals surface area contributed by atoms with Crippen LogP contribution in [0.1, 0.15) is 15.9 Å². The monoisotopic (exact) mass is 506 g/mol. The highest BCUT2D eigenvalue weighted by Crippen LogP contribution is 2.34. The normalized spacial score (nSPS) is 10.7. The minimum Gasteiger partial charge on any atom is -0.322 e. The number of nitro groups is 1. The summed E-state index contributed by atoms with van der Waals surface area (Å²) in [6, 6.07) is 31.4. The Morgan fingerprint density at radius 1 is 0.892 bits per heavy atom. The summed E-state index contributed by atoms with van der Waals surface area (Å²) in [6.45, 7) is 2.00. The van der Waals surface area contributed by atoms with E-state index < -0.39 is 10.8 Å². The molecule has 0 atom stereocenters. The van der Waals surface area contributed by atoms with Crippen LogP contribution in [-0.4, -0.2) is 20.6 Å². The van der Waals surface area contributed by atoms with E-state index in [1.165, 1.54) is 23.9 Å². The molecule has 0 aliphatic heterocycles. The molecule has 0 aliphatic rings. The maximum Gasteiger partial charge on any atom is 0.272 e. The van der Waals surface area contributed by atoms with Gasteiger partial charge in [-0.05, 0) is 37.3 Å². The summed E-state index contributed by atoms with van der Waals surface area (Å²) in [5, 5.41) is 19.2. The molecule has 1 aromatic heterocycles. The number of non-ortho nitro benzene ring substituents is 1. The van der Waals surface area contributed by atoms with Crippen LogP contribution in [0.15, 0.2) is 119 Å². The third-order valence-corrected chi connectivity index (χ3v) is 6.62. The molecule has 4 aromatic carbocycles. The van der Waals surface area contributed by atoms with Crippen LogP contribution < -0.4 is 5.32 Å². The maximum absolute atomic E-state index is 13.5. The van der Waals surface area contributed by atoms with Crippen molar-refractivity contribution in [1.82, 2.24) is 9.78 Å². The number of amides is 1. The average molecular weight is 507 g/mol. The first kappa shape index (κ1) is 24.0. The van der Waals surface area contributed by atoms with Crippen LogP contribution in [0.5, 0.6) is 0 Å². The van der Waals surface area contributed by atoms with Gasteiger partial charge in [-0.15, -0.1) is 0 Å². The van der Waals surface area contributed by atoms with Gasteiger partial charge in [-0.2, -0.15) is 5.10 Å². The third-order valence-electron chi connectivity index (χ3n) is 5.64. The molecular formula is C29H22N4O3S. The molecule has 0 bridgehead atoms. The molecule has 0 saturated heterocycles. The van der Waals surface area contributed by atoms with E-state index in [0.29, 0.717) is 21.8 Å². The summed E-state index contributed by atoms with van der Waals surface area (Å²) < 4.78 is 1.66. The van der Waals surface area contributed by atoms with Crippen LogP contribution in [0.2, 0.25) is 0 Å². The zero-order chi connectivity index (χ0) is 25.8. The summed E-state index contributed by atoms with van der Waals surface area (Å²) in [6.07, 6.45) is 1.67. The molecule has 37 heavy (non-hydrogen) atoms. The lowest BCUT2D eigenvalue weighted by Gasteiger charge is -2.09. The van der Waals surface area contributed by atoms with E-state index in [1.54, 1.807) is 16.9 Å². The van der Waals surface area contributed by atoms with E-state index in [4.69, 9.17) is 0 Å². The number of nitro benzene ring substituents is 1. The molecule has 182 valence electrons. The Kier molecular flexibility index (Phi) is 6.83. The number of hydrogen-bond donors (Lipinski definition) is 1. The summed E-state index contributed by atoms with van der Waals surface area (Å²) in [5.74, 6) is -0.409. The molecule has 0 radical (unpaired) electrons. The smallest absolute Gasteiger partial charge is 0.272 e. The number of para-hydroxylation sites is 1. The Hall–Kier alpha value is -4.69. The second kappa shape index (κ2) is 10.5. The van der Waals surface area contributed by atoms with E-state index in [-0.39, 0.29) is 5.69 Å². The molecule has 0 saturated carbocycles. The number of aromatic nitrogens is 2. The summed E-state index contributed by atoms with van der Waals surface area (Å²) in [7, 11) is 0. The quantitative estimate of drug-likeness (QED) is 0.187. The van der Waals surface area contributed by atoms with Gasteiger partial charge >= 0.3 is 0 Å². The van der Waals surface area contributed by atoms with Crippen LogP contribution in [0, 0.1) is 17.0 Å². The molecule has 0 aliphatic carbocycles. The van der Waals surface area contributed by atoms with Gasteiger partial charge in [0.15, 0.2) is 0 Å². The molecule has 1 heterocycles. The Balaban J connectivity index is 1.50. The lowest BCUT2D eigenvalue weighted by Crippen LogP contribution is -2.12. The Morgan fingerprint density at radius 3 is 2.24 bits per heavy atom. The second-order valence-electron chi connectivity index (χ2n) is 8.38. The Labute approximate surface area is 217 Å². The van der Waals surface area contributed by atoms with Crippen molar-refractivity contribution in [3.8, 4) is 16.9 Å². The molecule has 1 N–H and O–H groups in total. The summed E-state index contributed by atoms with van der Waals surface area (Å²) in [4.78, 5) is 26.3. The van der Waals surface area contributed by atoms with E-state index in [1.807, 2.05) is 91.9 Å². The average Bonchev–Trinajstić information content (AvgIpc) is 3.37. The van der Waals surface area contributed by atoms with Gasteiger partial charge in [0, 0.05) is 39.4 Å². The molecule has 0 unspecified atom stereocenters. The van der Waals surface area contributed by atoms with Crippen molar-refractivity contribution in [2.24, 2.45) is 0 Å². The number of aryl methyl sites for hydroxylation is 1. The highest BCUT2D eigenvalue weighted by atomic mass is 32.2. The molecule has 5 rings (SSSR count). The molecule has 7 nitrogen and oxygen atoms in total. The fourth-order valence-corrected chi connectivity index (χ4v) is 4.73. The maximum atomic E-state index is 13.5. The van der Waals surface area contributed by atoms with Crippen LogP contribution in [-0.2, 0) is 0 Å². The third kappa shape index (κ3) is 5.60. The fraction of sp³-hybridized carbons (Fsp3) is 0.0345. The van der Waals surface area contributed by atoms with Crippen molar-refractivity contribution in [2.75, 3.05) is 5.32 Å². The molecule has 8 heteroatoms. The van der Waals surface area contributed by atoms with E-state index in [0.717, 1.165) is 21.7 Å². The topological polar surface area (TPSA) is 90.1 Å². The van der Waals surface area contributed by atoms with Crippen LogP contribution in [0.25, 0.3) is 16.9 Å². The Bertz CT molecular complexity index is 1570. The first-order chi connectivity index (χ1) is 18.0. The van der Waals surface area contributed by atoms with Gasteiger partial charge in [-0.3, -0.25) is 14.9 Å². The van der Waals surface area contributed by atoms with Gasteiger partial charge in [0.1, 0.15) is 5.69 Å². The van der Waals surface area contributed by atoms with Gasteiger partial charge in [-0.25, -0.2) is 4.68 Å². The molecule has 5 aromatic rings. The van der Waals surface area contributed by atoms with Crippen molar-refractivity contribution in [3.63, 3.8) is 0 Å². The number of rotatable bonds is 7. The molecule has 0 spiro atoms. The van der Waals surface area contributed by atoms with Gasteiger partial charge in [0.2, 0.25) is 0 Å². The minimum atomic E-state index is -0.461. The van der Waals surface area contributed by atoms with Crippen molar-refractivity contribution >= 4 is 29.0 Å². The first-order valence-electron chi connectivity index (χ1n) is 11.5. The van der Waals surface area contributed by atoms with E-state index >= 15 is 0 Å². The van der Waals surface area contributed by atoms with Crippen molar-refractivity contribution in [3.05, 3.63) is 131 Å². The number of nitrogens with one attached hydrogen (secondary N) is 1. The standard InChI is InChI=1S/C29H22N4O3S/c1-20-12-14-25(15-13-20)37-26-17-22(16-24(18-26)33(35)36)30-29(34)27-19-32(23-10-6-3-7-11-23)31-28(27)21-8-4-2-5-9-21/h2-19H,1H3,(H,30,34). The summed E-state index contributed by atoms with van der Waals surface area (Å²) in [5.41, 5.74) is 3.83. The highest BCUT2D eigenvalue weighted by Gasteiger charge is 2.20.